The van der Waals surface area contributed by atoms with Gasteiger partial charge in [-0.15, -0.1) is 0 Å². The Balaban J connectivity index is 1.55. The minimum atomic E-state index is -0.495. The molecule has 4 N–H and O–H groups in total. The molecule has 0 aliphatic rings. The lowest BCUT2D eigenvalue weighted by molar-refractivity contribution is 0.146. The molecule has 0 bridgehead atoms. The molecule has 3 aromatic rings. The Morgan fingerprint density at radius 1 is 1.19 bits per heavy atom. The first kappa shape index (κ1) is 18.6. The van der Waals surface area contributed by atoms with Crippen molar-refractivity contribution in [1.29, 1.82) is 0 Å². The van der Waals surface area contributed by atoms with Crippen LogP contribution >= 0.6 is 11.3 Å². The van der Waals surface area contributed by atoms with E-state index < -0.39 is 6.03 Å². The van der Waals surface area contributed by atoms with Crippen molar-refractivity contribution in [3.63, 3.8) is 0 Å². The second-order valence-corrected chi connectivity index (χ2v) is 6.42. The zero-order chi connectivity index (χ0) is 19.1. The van der Waals surface area contributed by atoms with Gasteiger partial charge in [-0.2, -0.15) is 4.99 Å². The van der Waals surface area contributed by atoms with Crippen LogP contribution in [0.2, 0.25) is 0 Å². The van der Waals surface area contributed by atoms with E-state index in [0.717, 1.165) is 10.2 Å². The molecule has 0 radical (unpaired) electrons. The number of guanidine groups is 1. The summed E-state index contributed by atoms with van der Waals surface area (Å²) < 4.78 is 11.4. The van der Waals surface area contributed by atoms with Gasteiger partial charge in [0.15, 0.2) is 0 Å². The molecule has 0 aliphatic heterocycles. The normalized spacial score (nSPS) is 11.4. The molecule has 3 rings (SSSR count). The van der Waals surface area contributed by atoms with E-state index in [9.17, 15) is 4.79 Å². The van der Waals surface area contributed by atoms with Gasteiger partial charge in [0.25, 0.3) is 0 Å². The minimum absolute atomic E-state index is 0.0360. The van der Waals surface area contributed by atoms with Crippen molar-refractivity contribution >= 4 is 44.4 Å². The Bertz CT molecular complexity index is 907. The SMILES string of the molecule is COCCOc1ccc(NC(=O)N/C(N)=N/c2nc3ccccc3s2)cc1. The molecule has 140 valence electrons. The predicted molar refractivity (Wildman–Crippen MR) is 107 cm³/mol. The summed E-state index contributed by atoms with van der Waals surface area (Å²) in [5.74, 6) is 0.654. The number of benzene rings is 2. The highest BCUT2D eigenvalue weighted by Gasteiger charge is 2.06. The number of aliphatic imine (C=N–C) groups is 1. The number of para-hydroxylation sites is 1. The average molecular weight is 385 g/mol. The third-order valence-corrected chi connectivity index (χ3v) is 4.34. The van der Waals surface area contributed by atoms with Crippen molar-refractivity contribution in [3.05, 3.63) is 48.5 Å². The molecular weight excluding hydrogens is 366 g/mol. The van der Waals surface area contributed by atoms with Crippen LogP contribution in [0.3, 0.4) is 0 Å². The van der Waals surface area contributed by atoms with Gasteiger partial charge in [0.05, 0.1) is 16.8 Å². The number of carbonyl (C=O) groups excluding carboxylic acids is 1. The number of anilines is 1. The number of urea groups is 1. The Morgan fingerprint density at radius 2 is 1.96 bits per heavy atom. The summed E-state index contributed by atoms with van der Waals surface area (Å²) in [6.07, 6.45) is 0. The molecule has 1 aromatic heterocycles. The van der Waals surface area contributed by atoms with E-state index in [1.807, 2.05) is 24.3 Å². The van der Waals surface area contributed by atoms with Gasteiger partial charge in [-0.05, 0) is 36.4 Å². The van der Waals surface area contributed by atoms with Gasteiger partial charge in [0.2, 0.25) is 11.1 Å². The summed E-state index contributed by atoms with van der Waals surface area (Å²) in [6, 6.07) is 14.1. The van der Waals surface area contributed by atoms with Crippen molar-refractivity contribution < 1.29 is 14.3 Å². The van der Waals surface area contributed by atoms with E-state index in [0.29, 0.717) is 29.8 Å². The number of nitrogens with zero attached hydrogens (tertiary/aromatic N) is 2. The minimum Gasteiger partial charge on any atom is -0.491 e. The fourth-order valence-corrected chi connectivity index (χ4v) is 3.04. The van der Waals surface area contributed by atoms with Gasteiger partial charge in [-0.25, -0.2) is 9.78 Å². The van der Waals surface area contributed by atoms with Crippen LogP contribution in [0.1, 0.15) is 0 Å². The molecule has 0 spiro atoms. The zero-order valence-corrected chi connectivity index (χ0v) is 15.5. The molecule has 9 heteroatoms. The monoisotopic (exact) mass is 385 g/mol. The van der Waals surface area contributed by atoms with Crippen LogP contribution in [0.5, 0.6) is 5.75 Å². The van der Waals surface area contributed by atoms with Gasteiger partial charge >= 0.3 is 6.03 Å². The smallest absolute Gasteiger partial charge is 0.325 e. The fourth-order valence-electron chi connectivity index (χ4n) is 2.19. The lowest BCUT2D eigenvalue weighted by Crippen LogP contribution is -2.39. The highest BCUT2D eigenvalue weighted by Crippen LogP contribution is 2.27. The van der Waals surface area contributed by atoms with Gasteiger partial charge in [-0.3, -0.25) is 5.32 Å². The van der Waals surface area contributed by atoms with Crippen LogP contribution in [0.15, 0.2) is 53.5 Å². The molecule has 1 heterocycles. The number of methoxy groups -OCH3 is 1. The number of nitrogens with two attached hydrogens (primary N) is 1. The van der Waals surface area contributed by atoms with Crippen molar-refractivity contribution in [3.8, 4) is 5.75 Å². The molecule has 8 nitrogen and oxygen atoms in total. The first-order valence-electron chi connectivity index (χ1n) is 8.13. The molecule has 0 saturated heterocycles. The molecule has 2 aromatic carbocycles. The number of carbonyl (C=O) groups is 1. The molecule has 2 amide bonds. The van der Waals surface area contributed by atoms with Gasteiger partial charge < -0.3 is 20.5 Å². The van der Waals surface area contributed by atoms with Crippen LogP contribution in [-0.4, -0.2) is 37.3 Å². The maximum atomic E-state index is 12.0. The molecule has 0 saturated carbocycles. The Morgan fingerprint density at radius 3 is 2.70 bits per heavy atom. The number of hydrogen-bond donors (Lipinski definition) is 3. The summed E-state index contributed by atoms with van der Waals surface area (Å²) in [7, 11) is 1.61. The zero-order valence-electron chi connectivity index (χ0n) is 14.6. The maximum absolute atomic E-state index is 12.0. The van der Waals surface area contributed by atoms with Crippen molar-refractivity contribution in [1.82, 2.24) is 10.3 Å². The van der Waals surface area contributed by atoms with E-state index in [1.165, 1.54) is 11.3 Å². The van der Waals surface area contributed by atoms with Gasteiger partial charge in [0, 0.05) is 12.8 Å². The first-order chi connectivity index (χ1) is 13.1. The third kappa shape index (κ3) is 5.40. The largest absolute Gasteiger partial charge is 0.491 e. The van der Waals surface area contributed by atoms with Crippen molar-refractivity contribution in [2.75, 3.05) is 25.6 Å². The van der Waals surface area contributed by atoms with E-state index >= 15 is 0 Å². The quantitative estimate of drug-likeness (QED) is 0.343. The highest BCUT2D eigenvalue weighted by molar-refractivity contribution is 7.22. The third-order valence-electron chi connectivity index (χ3n) is 3.41. The van der Waals surface area contributed by atoms with Gasteiger partial charge in [0.1, 0.15) is 12.4 Å². The number of ether oxygens (including phenoxy) is 2. The summed E-state index contributed by atoms with van der Waals surface area (Å²) >= 11 is 1.39. The summed E-state index contributed by atoms with van der Waals surface area (Å²) in [4.78, 5) is 20.5. The molecule has 0 aliphatic carbocycles. The van der Waals surface area contributed by atoms with E-state index in [-0.39, 0.29) is 5.96 Å². The lowest BCUT2D eigenvalue weighted by Gasteiger charge is -2.08. The first-order valence-corrected chi connectivity index (χ1v) is 8.95. The van der Waals surface area contributed by atoms with E-state index in [2.05, 4.69) is 20.6 Å². The highest BCUT2D eigenvalue weighted by atomic mass is 32.1. The standard InChI is InChI=1S/C18H19N5O3S/c1-25-10-11-26-13-8-6-12(7-9-13)20-17(24)22-16(19)23-18-21-14-4-2-3-5-15(14)27-18/h2-9H,10-11H2,1H3,(H4,19,20,21,22,23,24). The maximum Gasteiger partial charge on any atom is 0.325 e. The second kappa shape index (κ2) is 8.97. The predicted octanol–water partition coefficient (Wildman–Crippen LogP) is 3.09. The Hall–Kier alpha value is -3.17. The molecule has 0 fully saturated rings. The van der Waals surface area contributed by atoms with E-state index in [1.54, 1.807) is 31.4 Å². The fraction of sp³-hybridized carbons (Fsp3) is 0.167. The Labute approximate surface area is 160 Å². The van der Waals surface area contributed by atoms with Crippen LogP contribution in [0, 0.1) is 0 Å². The number of amides is 2. The number of nitrogens with one attached hydrogen (secondary N) is 2. The van der Waals surface area contributed by atoms with Crippen molar-refractivity contribution in [2.45, 2.75) is 0 Å². The topological polar surface area (TPSA) is 111 Å². The van der Waals surface area contributed by atoms with Crippen LogP contribution in [-0.2, 0) is 4.74 Å². The summed E-state index contributed by atoms with van der Waals surface area (Å²) in [6.45, 7) is 0.970. The number of fused-ring (bicyclic) bond motifs is 1. The molecule has 0 unspecified atom stereocenters. The summed E-state index contributed by atoms with van der Waals surface area (Å²) in [5.41, 5.74) is 7.22. The lowest BCUT2D eigenvalue weighted by atomic mass is 10.3. The van der Waals surface area contributed by atoms with Crippen LogP contribution in [0.25, 0.3) is 10.2 Å². The van der Waals surface area contributed by atoms with E-state index in [4.69, 9.17) is 15.2 Å². The second-order valence-electron chi connectivity index (χ2n) is 5.41. The average Bonchev–Trinajstić information content (AvgIpc) is 3.05. The number of rotatable bonds is 6. The molecular formula is C18H19N5O3S. The molecule has 0 atom stereocenters. The van der Waals surface area contributed by atoms with Crippen molar-refractivity contribution in [2.24, 2.45) is 10.7 Å². The molecule has 27 heavy (non-hydrogen) atoms. The van der Waals surface area contributed by atoms with Gasteiger partial charge in [-0.1, -0.05) is 23.5 Å². The number of thiazole rings is 1. The van der Waals surface area contributed by atoms with Crippen LogP contribution in [0.4, 0.5) is 15.6 Å². The number of aromatic nitrogens is 1. The summed E-state index contributed by atoms with van der Waals surface area (Å²) in [5, 5.41) is 5.62. The number of hydrogen-bond acceptors (Lipinski definition) is 6. The Kier molecular flexibility index (Phi) is 6.18. The van der Waals surface area contributed by atoms with Crippen LogP contribution < -0.4 is 21.1 Å².